The van der Waals surface area contributed by atoms with Gasteiger partial charge in [-0.15, -0.1) is 0 Å². The molecular formula is C26H31ClN6O2. The van der Waals surface area contributed by atoms with Crippen LogP contribution in [0, 0.1) is 5.41 Å². The van der Waals surface area contributed by atoms with Gasteiger partial charge in [-0.3, -0.25) is 19.9 Å². The Kier molecular flexibility index (Phi) is 8.54. The minimum Gasteiger partial charge on any atom is -0.399 e. The number of nitrogens with two attached hydrogens (primary N) is 2. The van der Waals surface area contributed by atoms with Crippen LogP contribution in [-0.4, -0.2) is 35.1 Å². The fourth-order valence-electron chi connectivity index (χ4n) is 3.66. The first-order valence-corrected chi connectivity index (χ1v) is 11.7. The standard InChI is InChI=1S/C26H31ClN6O2/c1-16(27)24(19-10-12-21(28)13-11-19)33(26(35)17(2)32-22-4-3-5-22)15-23(34)31-14-18-6-8-20(9-7-18)25(29)30/h6-13,22,32H,2-5,14-15,28H2,1H3,(H3,29,30)(H,31,34)/b24-16+. The van der Waals surface area contributed by atoms with Crippen LogP contribution in [0.25, 0.3) is 5.70 Å². The number of carbonyl (C=O) groups excluding carboxylic acids is 2. The zero-order valence-corrected chi connectivity index (χ0v) is 20.5. The van der Waals surface area contributed by atoms with E-state index in [0.29, 0.717) is 27.5 Å². The normalized spacial score (nSPS) is 13.8. The van der Waals surface area contributed by atoms with Crippen LogP contribution in [0.2, 0.25) is 0 Å². The Hall–Kier alpha value is -3.78. The molecule has 7 N–H and O–H groups in total. The van der Waals surface area contributed by atoms with Crippen molar-refractivity contribution in [3.05, 3.63) is 82.5 Å². The molecular weight excluding hydrogens is 464 g/mol. The van der Waals surface area contributed by atoms with Crippen LogP contribution in [0.15, 0.2) is 65.8 Å². The lowest BCUT2D eigenvalue weighted by molar-refractivity contribution is -0.130. The van der Waals surface area contributed by atoms with Gasteiger partial charge in [-0.2, -0.15) is 0 Å². The quantitative estimate of drug-likeness (QED) is 0.149. The Morgan fingerprint density at radius 2 is 1.71 bits per heavy atom. The predicted octanol–water partition coefficient (Wildman–Crippen LogP) is 3.28. The molecule has 0 aliphatic heterocycles. The van der Waals surface area contributed by atoms with Gasteiger partial charge in [0.2, 0.25) is 5.91 Å². The second-order valence-corrected chi connectivity index (χ2v) is 9.10. The van der Waals surface area contributed by atoms with Crippen LogP contribution in [0.3, 0.4) is 0 Å². The van der Waals surface area contributed by atoms with Crippen molar-refractivity contribution in [1.29, 1.82) is 5.41 Å². The number of hydrogen-bond donors (Lipinski definition) is 5. The van der Waals surface area contributed by atoms with Crippen molar-refractivity contribution >= 4 is 40.6 Å². The van der Waals surface area contributed by atoms with Crippen molar-refractivity contribution in [3.63, 3.8) is 0 Å². The highest BCUT2D eigenvalue weighted by Crippen LogP contribution is 2.28. The minimum atomic E-state index is -0.426. The van der Waals surface area contributed by atoms with Crippen molar-refractivity contribution in [2.24, 2.45) is 5.73 Å². The van der Waals surface area contributed by atoms with E-state index in [9.17, 15) is 9.59 Å². The molecule has 0 atom stereocenters. The number of halogens is 1. The number of rotatable bonds is 10. The van der Waals surface area contributed by atoms with E-state index in [0.717, 1.165) is 24.8 Å². The number of amides is 2. The molecule has 2 aromatic carbocycles. The molecule has 0 saturated heterocycles. The van der Waals surface area contributed by atoms with Gasteiger partial charge in [0, 0.05) is 28.9 Å². The van der Waals surface area contributed by atoms with E-state index in [-0.39, 0.29) is 36.6 Å². The van der Waals surface area contributed by atoms with E-state index < -0.39 is 5.91 Å². The molecule has 1 saturated carbocycles. The molecule has 1 aliphatic carbocycles. The molecule has 3 rings (SSSR count). The Morgan fingerprint density at radius 1 is 1.11 bits per heavy atom. The number of nitrogens with one attached hydrogen (secondary N) is 3. The SMILES string of the molecule is C=C(NC1CCC1)C(=O)N(CC(=O)NCc1ccc(C(=N)N)cc1)/C(=C(\C)Cl)c1ccc(N)cc1. The number of carbonyl (C=O) groups is 2. The molecule has 0 aromatic heterocycles. The van der Waals surface area contributed by atoms with Crippen molar-refractivity contribution in [3.8, 4) is 0 Å². The summed E-state index contributed by atoms with van der Waals surface area (Å²) in [5.41, 5.74) is 14.6. The van der Waals surface area contributed by atoms with Gasteiger partial charge in [0.1, 0.15) is 12.4 Å². The molecule has 9 heteroatoms. The second kappa shape index (κ2) is 11.6. The number of benzene rings is 2. The number of hydrogen-bond acceptors (Lipinski definition) is 5. The van der Waals surface area contributed by atoms with Crippen molar-refractivity contribution in [1.82, 2.24) is 15.5 Å². The summed E-state index contributed by atoms with van der Waals surface area (Å²) >= 11 is 6.45. The van der Waals surface area contributed by atoms with Gasteiger partial charge in [-0.1, -0.05) is 54.6 Å². The zero-order valence-electron chi connectivity index (χ0n) is 19.7. The molecule has 1 fully saturated rings. The monoisotopic (exact) mass is 494 g/mol. The maximum absolute atomic E-state index is 13.5. The Labute approximate surface area is 210 Å². The van der Waals surface area contributed by atoms with Crippen LogP contribution in [-0.2, 0) is 16.1 Å². The first-order valence-electron chi connectivity index (χ1n) is 11.4. The molecule has 2 amide bonds. The van der Waals surface area contributed by atoms with Crippen LogP contribution in [0.1, 0.15) is 42.9 Å². The lowest BCUT2D eigenvalue weighted by Crippen LogP contribution is -2.44. The summed E-state index contributed by atoms with van der Waals surface area (Å²) < 4.78 is 0. The van der Waals surface area contributed by atoms with Gasteiger partial charge in [0.15, 0.2) is 0 Å². The van der Waals surface area contributed by atoms with Gasteiger partial charge >= 0.3 is 0 Å². The van der Waals surface area contributed by atoms with Crippen LogP contribution >= 0.6 is 11.6 Å². The fourth-order valence-corrected chi connectivity index (χ4v) is 3.87. The summed E-state index contributed by atoms with van der Waals surface area (Å²) in [4.78, 5) is 27.7. The smallest absolute Gasteiger partial charge is 0.274 e. The molecule has 35 heavy (non-hydrogen) atoms. The average Bonchev–Trinajstić information content (AvgIpc) is 2.80. The molecule has 0 unspecified atom stereocenters. The molecule has 0 heterocycles. The summed E-state index contributed by atoms with van der Waals surface area (Å²) in [5.74, 6) is -0.815. The third kappa shape index (κ3) is 6.86. The Bertz CT molecular complexity index is 1130. The first kappa shape index (κ1) is 25.8. The maximum Gasteiger partial charge on any atom is 0.274 e. The highest BCUT2D eigenvalue weighted by atomic mass is 35.5. The zero-order chi connectivity index (χ0) is 25.5. The third-order valence-electron chi connectivity index (χ3n) is 5.82. The molecule has 184 valence electrons. The van der Waals surface area contributed by atoms with Gasteiger partial charge in [0.25, 0.3) is 5.91 Å². The number of amidine groups is 1. The van der Waals surface area contributed by atoms with Gasteiger partial charge in [0.05, 0.1) is 11.4 Å². The Morgan fingerprint density at radius 3 is 2.23 bits per heavy atom. The summed E-state index contributed by atoms with van der Waals surface area (Å²) in [6.45, 7) is 5.59. The third-order valence-corrected chi connectivity index (χ3v) is 6.00. The summed E-state index contributed by atoms with van der Waals surface area (Å²) in [5, 5.41) is 13.8. The van der Waals surface area contributed by atoms with E-state index in [2.05, 4.69) is 17.2 Å². The number of allylic oxidation sites excluding steroid dienone is 1. The van der Waals surface area contributed by atoms with Crippen molar-refractivity contribution < 1.29 is 9.59 Å². The molecule has 0 bridgehead atoms. The number of nitrogens with zero attached hydrogens (tertiary/aromatic N) is 1. The number of nitrogen functional groups attached to an aromatic ring is 2. The maximum atomic E-state index is 13.5. The second-order valence-electron chi connectivity index (χ2n) is 8.53. The summed E-state index contributed by atoms with van der Waals surface area (Å²) in [7, 11) is 0. The van der Waals surface area contributed by atoms with Gasteiger partial charge < -0.3 is 22.1 Å². The molecule has 0 radical (unpaired) electrons. The number of anilines is 1. The predicted molar refractivity (Wildman–Crippen MR) is 140 cm³/mol. The van der Waals surface area contributed by atoms with Crippen LogP contribution < -0.4 is 22.1 Å². The fraction of sp³-hybridized carbons (Fsp3) is 0.269. The lowest BCUT2D eigenvalue weighted by atomic mass is 9.93. The van der Waals surface area contributed by atoms with Gasteiger partial charge in [-0.25, -0.2) is 0 Å². The van der Waals surface area contributed by atoms with Crippen molar-refractivity contribution in [2.75, 3.05) is 12.3 Å². The largest absolute Gasteiger partial charge is 0.399 e. The molecule has 1 aliphatic rings. The van der Waals surface area contributed by atoms with E-state index in [4.69, 9.17) is 28.5 Å². The average molecular weight is 495 g/mol. The highest BCUT2D eigenvalue weighted by Gasteiger charge is 2.28. The van der Waals surface area contributed by atoms with Crippen molar-refractivity contribution in [2.45, 2.75) is 38.8 Å². The molecule has 2 aromatic rings. The first-order chi connectivity index (χ1) is 16.7. The summed E-state index contributed by atoms with van der Waals surface area (Å²) in [6.07, 6.45) is 3.06. The van der Waals surface area contributed by atoms with E-state index in [1.54, 1.807) is 55.5 Å². The van der Waals surface area contributed by atoms with E-state index in [1.165, 1.54) is 4.90 Å². The molecule has 0 spiro atoms. The highest BCUT2D eigenvalue weighted by molar-refractivity contribution is 6.32. The summed E-state index contributed by atoms with van der Waals surface area (Å²) in [6, 6.07) is 14.2. The molecule has 8 nitrogen and oxygen atoms in total. The minimum absolute atomic E-state index is 0.0242. The topological polar surface area (TPSA) is 137 Å². The van der Waals surface area contributed by atoms with Gasteiger partial charge in [-0.05, 0) is 49.4 Å². The van der Waals surface area contributed by atoms with Crippen LogP contribution in [0.4, 0.5) is 5.69 Å². The van der Waals surface area contributed by atoms with E-state index >= 15 is 0 Å². The van der Waals surface area contributed by atoms with Crippen LogP contribution in [0.5, 0.6) is 0 Å². The lowest BCUT2D eigenvalue weighted by Gasteiger charge is -2.31. The van der Waals surface area contributed by atoms with E-state index in [1.807, 2.05) is 0 Å². The Balaban J connectivity index is 1.79.